The molecule has 0 bridgehead atoms. The second-order valence-corrected chi connectivity index (χ2v) is 6.32. The van der Waals surface area contributed by atoms with Crippen LogP contribution < -0.4 is 14.8 Å². The van der Waals surface area contributed by atoms with E-state index in [9.17, 15) is 4.79 Å². The molecule has 3 aromatic rings. The molecule has 6 heteroatoms. The number of nitrogens with one attached hydrogen (secondary N) is 2. The monoisotopic (exact) mass is 365 g/mol. The van der Waals surface area contributed by atoms with Gasteiger partial charge in [0.1, 0.15) is 11.5 Å². The number of benzene rings is 2. The normalized spacial score (nSPS) is 10.5. The molecule has 140 valence electrons. The molecule has 0 aliphatic carbocycles. The summed E-state index contributed by atoms with van der Waals surface area (Å²) in [7, 11) is 3.27. The number of hydrogen-bond acceptors (Lipinski definition) is 4. The fraction of sp³-hybridized carbons (Fsp3) is 0.238. The van der Waals surface area contributed by atoms with Crippen molar-refractivity contribution in [1.29, 1.82) is 0 Å². The SMILES string of the molecule is COc1cc(CCc2cc(NC(=O)c3ccc(C)cc3)n[nH]2)cc(OC)c1. The molecule has 0 aliphatic rings. The van der Waals surface area contributed by atoms with Crippen molar-refractivity contribution >= 4 is 11.7 Å². The zero-order valence-corrected chi connectivity index (χ0v) is 15.7. The van der Waals surface area contributed by atoms with Crippen LogP contribution in [0.1, 0.15) is 27.2 Å². The standard InChI is InChI=1S/C21H23N3O3/c1-14-4-7-16(8-5-14)21(25)22-20-12-17(23-24-20)9-6-15-10-18(26-2)13-19(11-15)27-3/h4-5,7-8,10-13H,6,9H2,1-3H3,(H2,22,23,24,25). The second kappa shape index (κ2) is 8.40. The molecule has 1 aromatic heterocycles. The first-order valence-corrected chi connectivity index (χ1v) is 8.71. The first-order chi connectivity index (χ1) is 13.1. The lowest BCUT2D eigenvalue weighted by Gasteiger charge is -2.08. The minimum atomic E-state index is -0.175. The quantitative estimate of drug-likeness (QED) is 0.668. The zero-order valence-electron chi connectivity index (χ0n) is 15.7. The Bertz CT molecular complexity index is 894. The van der Waals surface area contributed by atoms with Gasteiger partial charge in [0.25, 0.3) is 5.91 Å². The largest absolute Gasteiger partial charge is 0.497 e. The molecule has 3 rings (SSSR count). The number of methoxy groups -OCH3 is 2. The van der Waals surface area contributed by atoms with E-state index in [-0.39, 0.29) is 5.91 Å². The molecule has 1 heterocycles. The van der Waals surface area contributed by atoms with Crippen LogP contribution in [0.2, 0.25) is 0 Å². The van der Waals surface area contributed by atoms with Crippen molar-refractivity contribution in [2.24, 2.45) is 0 Å². The van der Waals surface area contributed by atoms with Crippen LogP contribution >= 0.6 is 0 Å². The summed E-state index contributed by atoms with van der Waals surface area (Å²) < 4.78 is 10.6. The van der Waals surface area contributed by atoms with Gasteiger partial charge < -0.3 is 14.8 Å². The Morgan fingerprint density at radius 1 is 1.00 bits per heavy atom. The van der Waals surface area contributed by atoms with Crippen LogP contribution in [-0.2, 0) is 12.8 Å². The number of aromatic amines is 1. The zero-order chi connectivity index (χ0) is 19.2. The summed E-state index contributed by atoms with van der Waals surface area (Å²) in [4.78, 5) is 12.3. The molecule has 2 aromatic carbocycles. The smallest absolute Gasteiger partial charge is 0.256 e. The van der Waals surface area contributed by atoms with Gasteiger partial charge in [-0.2, -0.15) is 5.10 Å². The van der Waals surface area contributed by atoms with Gasteiger partial charge in [0.15, 0.2) is 5.82 Å². The highest BCUT2D eigenvalue weighted by Gasteiger charge is 2.09. The third-order valence-corrected chi connectivity index (χ3v) is 4.28. The number of carbonyl (C=O) groups excluding carboxylic acids is 1. The molecule has 0 spiro atoms. The minimum absolute atomic E-state index is 0.175. The van der Waals surface area contributed by atoms with Crippen LogP contribution in [0.5, 0.6) is 11.5 Å². The summed E-state index contributed by atoms with van der Waals surface area (Å²) in [6, 6.07) is 15.1. The third-order valence-electron chi connectivity index (χ3n) is 4.28. The number of hydrogen-bond donors (Lipinski definition) is 2. The van der Waals surface area contributed by atoms with Crippen LogP contribution in [0.15, 0.2) is 48.5 Å². The van der Waals surface area contributed by atoms with E-state index in [0.29, 0.717) is 11.4 Å². The summed E-state index contributed by atoms with van der Waals surface area (Å²) in [5.41, 5.74) is 3.76. The molecule has 1 amide bonds. The van der Waals surface area contributed by atoms with Gasteiger partial charge in [-0.15, -0.1) is 0 Å². The first-order valence-electron chi connectivity index (χ1n) is 8.71. The Morgan fingerprint density at radius 2 is 1.67 bits per heavy atom. The Balaban J connectivity index is 1.61. The van der Waals surface area contributed by atoms with Gasteiger partial charge in [0, 0.05) is 23.4 Å². The van der Waals surface area contributed by atoms with Crippen molar-refractivity contribution in [3.8, 4) is 11.5 Å². The second-order valence-electron chi connectivity index (χ2n) is 6.32. The van der Waals surface area contributed by atoms with E-state index >= 15 is 0 Å². The van der Waals surface area contributed by atoms with E-state index in [2.05, 4.69) is 15.5 Å². The van der Waals surface area contributed by atoms with E-state index in [0.717, 1.165) is 41.2 Å². The van der Waals surface area contributed by atoms with Crippen LogP contribution in [0.3, 0.4) is 0 Å². The fourth-order valence-corrected chi connectivity index (χ4v) is 2.74. The van der Waals surface area contributed by atoms with Crippen molar-refractivity contribution < 1.29 is 14.3 Å². The Kier molecular flexibility index (Phi) is 5.76. The predicted octanol–water partition coefficient (Wildman–Crippen LogP) is 3.77. The van der Waals surface area contributed by atoms with Gasteiger partial charge in [-0.3, -0.25) is 9.89 Å². The molecule has 6 nitrogen and oxygen atoms in total. The molecular weight excluding hydrogens is 342 g/mol. The number of anilines is 1. The summed E-state index contributed by atoms with van der Waals surface area (Å²) in [6.45, 7) is 1.99. The Hall–Kier alpha value is -3.28. The van der Waals surface area contributed by atoms with E-state index in [1.165, 1.54) is 0 Å². The number of rotatable bonds is 7. The highest BCUT2D eigenvalue weighted by Crippen LogP contribution is 2.23. The van der Waals surface area contributed by atoms with Gasteiger partial charge in [-0.05, 0) is 49.6 Å². The third kappa shape index (κ3) is 4.88. The molecule has 0 saturated heterocycles. The number of aromatic nitrogens is 2. The molecule has 2 N–H and O–H groups in total. The summed E-state index contributed by atoms with van der Waals surface area (Å²) in [5, 5.41) is 9.96. The molecule has 0 radical (unpaired) electrons. The number of ether oxygens (including phenoxy) is 2. The highest BCUT2D eigenvalue weighted by molar-refractivity contribution is 6.03. The minimum Gasteiger partial charge on any atom is -0.497 e. The molecule has 27 heavy (non-hydrogen) atoms. The Labute approximate surface area is 158 Å². The summed E-state index contributed by atoms with van der Waals surface area (Å²) in [6.07, 6.45) is 1.55. The summed E-state index contributed by atoms with van der Waals surface area (Å²) in [5.74, 6) is 1.87. The van der Waals surface area contributed by atoms with Crippen LogP contribution in [0.4, 0.5) is 5.82 Å². The lowest BCUT2D eigenvalue weighted by atomic mass is 10.1. The topological polar surface area (TPSA) is 76.2 Å². The maximum atomic E-state index is 12.3. The highest BCUT2D eigenvalue weighted by atomic mass is 16.5. The fourth-order valence-electron chi connectivity index (χ4n) is 2.74. The van der Waals surface area contributed by atoms with Crippen molar-refractivity contribution in [2.45, 2.75) is 19.8 Å². The summed E-state index contributed by atoms with van der Waals surface area (Å²) >= 11 is 0. The average molecular weight is 365 g/mol. The van der Waals surface area contributed by atoms with Crippen molar-refractivity contribution in [1.82, 2.24) is 10.2 Å². The maximum absolute atomic E-state index is 12.3. The van der Waals surface area contributed by atoms with Gasteiger partial charge in [0.2, 0.25) is 0 Å². The number of H-pyrrole nitrogens is 1. The molecule has 0 unspecified atom stereocenters. The molecular formula is C21H23N3O3. The molecule has 0 fully saturated rings. The number of aryl methyl sites for hydroxylation is 3. The van der Waals surface area contributed by atoms with Crippen LogP contribution in [-0.4, -0.2) is 30.3 Å². The predicted molar refractivity (Wildman–Crippen MR) is 105 cm³/mol. The van der Waals surface area contributed by atoms with E-state index in [1.54, 1.807) is 26.4 Å². The van der Waals surface area contributed by atoms with Crippen LogP contribution in [0.25, 0.3) is 0 Å². The first kappa shape index (κ1) is 18.5. The molecule has 0 aliphatic heterocycles. The van der Waals surface area contributed by atoms with Crippen molar-refractivity contribution in [3.63, 3.8) is 0 Å². The van der Waals surface area contributed by atoms with E-state index < -0.39 is 0 Å². The molecule has 0 atom stereocenters. The Morgan fingerprint density at radius 3 is 2.30 bits per heavy atom. The van der Waals surface area contributed by atoms with Crippen molar-refractivity contribution in [3.05, 3.63) is 70.9 Å². The van der Waals surface area contributed by atoms with Crippen molar-refractivity contribution in [2.75, 3.05) is 19.5 Å². The van der Waals surface area contributed by atoms with Gasteiger partial charge in [0.05, 0.1) is 14.2 Å². The number of nitrogens with zero attached hydrogens (tertiary/aromatic N) is 1. The number of amides is 1. The van der Waals surface area contributed by atoms with Gasteiger partial charge >= 0.3 is 0 Å². The van der Waals surface area contributed by atoms with Gasteiger partial charge in [-0.25, -0.2) is 0 Å². The van der Waals surface area contributed by atoms with E-state index in [4.69, 9.17) is 9.47 Å². The lowest BCUT2D eigenvalue weighted by molar-refractivity contribution is 0.102. The average Bonchev–Trinajstić information content (AvgIpc) is 3.13. The van der Waals surface area contributed by atoms with Crippen LogP contribution in [0, 0.1) is 6.92 Å². The number of carbonyl (C=O) groups is 1. The van der Waals surface area contributed by atoms with E-state index in [1.807, 2.05) is 43.3 Å². The van der Waals surface area contributed by atoms with Gasteiger partial charge in [-0.1, -0.05) is 17.7 Å². The lowest BCUT2D eigenvalue weighted by Crippen LogP contribution is -2.11. The molecule has 0 saturated carbocycles. The maximum Gasteiger partial charge on any atom is 0.256 e.